The van der Waals surface area contributed by atoms with Crippen molar-refractivity contribution in [3.05, 3.63) is 56.4 Å². The van der Waals surface area contributed by atoms with E-state index in [9.17, 15) is 13.2 Å². The quantitative estimate of drug-likeness (QED) is 0.768. The van der Waals surface area contributed by atoms with Gasteiger partial charge in [-0.3, -0.25) is 4.79 Å². The fraction of sp³-hybridized carbons (Fsp3) is 0.353. The number of hydrogen-bond donors (Lipinski definition) is 0. The van der Waals surface area contributed by atoms with Crippen LogP contribution in [-0.4, -0.2) is 36.5 Å². The van der Waals surface area contributed by atoms with Crippen molar-refractivity contribution in [3.8, 4) is 5.75 Å². The highest BCUT2D eigenvalue weighted by molar-refractivity contribution is 7.89. The summed E-state index contributed by atoms with van der Waals surface area (Å²) >= 11 is 12.0. The first kappa shape index (κ1) is 19.2. The Morgan fingerprint density at radius 3 is 2.62 bits per heavy atom. The molecule has 0 bridgehead atoms. The Bertz CT molecular complexity index is 1000. The molecule has 0 aliphatic carbocycles. The average molecular weight is 417 g/mol. The molecule has 1 aromatic heterocycles. The minimum absolute atomic E-state index is 0.0169. The van der Waals surface area contributed by atoms with Crippen LogP contribution in [-0.2, 0) is 17.1 Å². The first-order chi connectivity index (χ1) is 12.2. The lowest BCUT2D eigenvalue weighted by atomic mass is 10.3. The molecule has 0 radical (unpaired) electrons. The minimum Gasteiger partial charge on any atom is -0.489 e. The van der Waals surface area contributed by atoms with Crippen LogP contribution in [0.15, 0.2) is 40.0 Å². The normalized spacial score (nSPS) is 18.2. The molecule has 1 fully saturated rings. The molecule has 1 aliphatic heterocycles. The number of pyridine rings is 1. The second kappa shape index (κ2) is 7.23. The lowest BCUT2D eigenvalue weighted by Crippen LogP contribution is -2.31. The molecular formula is C17H18Cl2N2O4S. The van der Waals surface area contributed by atoms with E-state index in [1.807, 2.05) is 0 Å². The maximum Gasteiger partial charge on any atom is 0.254 e. The van der Waals surface area contributed by atoms with Gasteiger partial charge in [0.1, 0.15) is 16.7 Å². The Hall–Kier alpha value is -1.54. The number of ether oxygens (including phenoxy) is 1. The predicted octanol–water partition coefficient (Wildman–Crippen LogP) is 2.84. The average Bonchev–Trinajstić information content (AvgIpc) is 3.04. The van der Waals surface area contributed by atoms with Gasteiger partial charge in [-0.05, 0) is 37.6 Å². The molecule has 0 N–H and O–H groups in total. The molecule has 1 saturated heterocycles. The maximum absolute atomic E-state index is 12.8. The van der Waals surface area contributed by atoms with E-state index in [1.54, 1.807) is 20.0 Å². The topological polar surface area (TPSA) is 68.6 Å². The summed E-state index contributed by atoms with van der Waals surface area (Å²) in [7, 11) is -2.09. The Kier molecular flexibility index (Phi) is 5.35. The van der Waals surface area contributed by atoms with Crippen molar-refractivity contribution < 1.29 is 13.2 Å². The molecule has 2 heterocycles. The molecule has 26 heavy (non-hydrogen) atoms. The number of nitrogens with zero attached hydrogens (tertiary/aromatic N) is 2. The van der Waals surface area contributed by atoms with Gasteiger partial charge in [-0.25, -0.2) is 8.42 Å². The van der Waals surface area contributed by atoms with E-state index in [0.29, 0.717) is 23.7 Å². The van der Waals surface area contributed by atoms with E-state index < -0.39 is 10.0 Å². The number of aryl methyl sites for hydroxylation is 1. The van der Waals surface area contributed by atoms with Crippen LogP contribution in [0.5, 0.6) is 5.75 Å². The van der Waals surface area contributed by atoms with Crippen molar-refractivity contribution in [2.75, 3.05) is 13.1 Å². The molecule has 2 aromatic rings. The molecular weight excluding hydrogens is 399 g/mol. The molecule has 1 aliphatic rings. The van der Waals surface area contributed by atoms with Crippen LogP contribution in [0.25, 0.3) is 0 Å². The third kappa shape index (κ3) is 3.76. The van der Waals surface area contributed by atoms with Gasteiger partial charge in [0.25, 0.3) is 5.56 Å². The molecule has 6 nitrogen and oxygen atoms in total. The summed E-state index contributed by atoms with van der Waals surface area (Å²) < 4.78 is 34.3. The highest BCUT2D eigenvalue weighted by atomic mass is 35.5. The summed E-state index contributed by atoms with van der Waals surface area (Å²) in [5.74, 6) is 0.440. The van der Waals surface area contributed by atoms with Crippen LogP contribution in [0, 0.1) is 6.92 Å². The summed E-state index contributed by atoms with van der Waals surface area (Å²) in [6.45, 7) is 2.29. The highest BCUT2D eigenvalue weighted by Crippen LogP contribution is 2.30. The summed E-state index contributed by atoms with van der Waals surface area (Å²) in [5, 5.41) is 0.427. The second-order valence-electron chi connectivity index (χ2n) is 6.20. The standard InChI is InChI=1S/C17H18Cl2N2O4S/c1-11-7-14(9-17(22)20(11)2)25-13-5-6-21(10-13)26(23,24)16-8-12(18)3-4-15(16)19/h3-4,7-9,13H,5-6,10H2,1-2H3. The number of sulfonamides is 1. The molecule has 1 aromatic carbocycles. The van der Waals surface area contributed by atoms with E-state index in [0.717, 1.165) is 5.69 Å². The van der Waals surface area contributed by atoms with Crippen molar-refractivity contribution in [1.82, 2.24) is 8.87 Å². The molecule has 0 amide bonds. The summed E-state index contributed by atoms with van der Waals surface area (Å²) in [5.41, 5.74) is 0.592. The number of hydrogen-bond acceptors (Lipinski definition) is 4. The van der Waals surface area contributed by atoms with Crippen molar-refractivity contribution in [1.29, 1.82) is 0 Å². The molecule has 3 rings (SSSR count). The van der Waals surface area contributed by atoms with Crippen molar-refractivity contribution in [2.24, 2.45) is 7.05 Å². The zero-order valence-corrected chi connectivity index (χ0v) is 16.6. The van der Waals surface area contributed by atoms with Gasteiger partial charge in [-0.15, -0.1) is 0 Å². The molecule has 1 atom stereocenters. The van der Waals surface area contributed by atoms with Crippen LogP contribution < -0.4 is 10.3 Å². The van der Waals surface area contributed by atoms with Crippen LogP contribution in [0.1, 0.15) is 12.1 Å². The van der Waals surface area contributed by atoms with Crippen molar-refractivity contribution in [2.45, 2.75) is 24.3 Å². The van der Waals surface area contributed by atoms with Crippen LogP contribution in [0.3, 0.4) is 0 Å². The fourth-order valence-corrected chi connectivity index (χ4v) is 5.05. The van der Waals surface area contributed by atoms with E-state index in [2.05, 4.69) is 0 Å². The van der Waals surface area contributed by atoms with Gasteiger partial charge in [0.05, 0.1) is 11.6 Å². The van der Waals surface area contributed by atoms with Gasteiger partial charge in [0.15, 0.2) is 0 Å². The summed E-state index contributed by atoms with van der Waals surface area (Å²) in [6.07, 6.45) is 0.181. The van der Waals surface area contributed by atoms with Crippen LogP contribution >= 0.6 is 23.2 Å². The number of halogens is 2. The third-order valence-corrected chi connectivity index (χ3v) is 6.98. The fourth-order valence-electron chi connectivity index (χ4n) is 2.82. The zero-order chi connectivity index (χ0) is 19.1. The van der Waals surface area contributed by atoms with Crippen molar-refractivity contribution in [3.63, 3.8) is 0 Å². The van der Waals surface area contributed by atoms with Crippen LogP contribution in [0.2, 0.25) is 10.0 Å². The van der Waals surface area contributed by atoms with Gasteiger partial charge in [0, 0.05) is 30.4 Å². The second-order valence-corrected chi connectivity index (χ2v) is 8.95. The van der Waals surface area contributed by atoms with Crippen molar-refractivity contribution >= 4 is 33.2 Å². The Labute approximate surface area is 162 Å². The molecule has 0 spiro atoms. The van der Waals surface area contributed by atoms with Gasteiger partial charge in [-0.2, -0.15) is 4.31 Å². The highest BCUT2D eigenvalue weighted by Gasteiger charge is 2.35. The van der Waals surface area contributed by atoms with E-state index in [-0.39, 0.29) is 28.1 Å². The smallest absolute Gasteiger partial charge is 0.254 e. The van der Waals surface area contributed by atoms with E-state index in [4.69, 9.17) is 27.9 Å². The number of aromatic nitrogens is 1. The number of rotatable bonds is 4. The third-order valence-electron chi connectivity index (χ3n) is 4.40. The minimum atomic E-state index is -3.77. The maximum atomic E-state index is 12.8. The monoisotopic (exact) mass is 416 g/mol. The largest absolute Gasteiger partial charge is 0.489 e. The molecule has 0 saturated carbocycles. The van der Waals surface area contributed by atoms with Gasteiger partial charge >= 0.3 is 0 Å². The first-order valence-corrected chi connectivity index (χ1v) is 10.2. The lowest BCUT2D eigenvalue weighted by Gasteiger charge is -2.18. The van der Waals surface area contributed by atoms with E-state index in [1.165, 1.54) is 33.1 Å². The molecule has 1 unspecified atom stereocenters. The van der Waals surface area contributed by atoms with Crippen LogP contribution in [0.4, 0.5) is 0 Å². The first-order valence-electron chi connectivity index (χ1n) is 7.98. The Morgan fingerprint density at radius 2 is 1.92 bits per heavy atom. The van der Waals surface area contributed by atoms with Gasteiger partial charge in [-0.1, -0.05) is 23.2 Å². The SMILES string of the molecule is Cc1cc(OC2CCN(S(=O)(=O)c3cc(Cl)ccc3Cl)C2)cc(=O)n1C. The number of benzene rings is 1. The van der Waals surface area contributed by atoms with Gasteiger partial charge in [0.2, 0.25) is 10.0 Å². The Balaban J connectivity index is 1.78. The lowest BCUT2D eigenvalue weighted by molar-refractivity contribution is 0.214. The van der Waals surface area contributed by atoms with E-state index >= 15 is 0 Å². The Morgan fingerprint density at radius 1 is 1.19 bits per heavy atom. The molecule has 9 heteroatoms. The zero-order valence-electron chi connectivity index (χ0n) is 14.3. The molecule has 140 valence electrons. The summed E-state index contributed by atoms with van der Waals surface area (Å²) in [6, 6.07) is 7.50. The summed E-state index contributed by atoms with van der Waals surface area (Å²) in [4.78, 5) is 11.8. The predicted molar refractivity (Wildman–Crippen MR) is 101 cm³/mol. The van der Waals surface area contributed by atoms with Gasteiger partial charge < -0.3 is 9.30 Å².